The molecule has 3 aromatic rings. The largest absolute Gasteiger partial charge is 0.465 e. The van der Waals surface area contributed by atoms with Gasteiger partial charge in [-0.3, -0.25) is 0 Å². The minimum Gasteiger partial charge on any atom is -0.465 e. The molecule has 0 fully saturated rings. The molecule has 0 saturated heterocycles. The smallest absolute Gasteiger partial charge is 0.337 e. The van der Waals surface area contributed by atoms with E-state index in [1.54, 1.807) is 29.7 Å². The van der Waals surface area contributed by atoms with Gasteiger partial charge in [-0.05, 0) is 35.2 Å². The summed E-state index contributed by atoms with van der Waals surface area (Å²) in [6, 6.07) is 17.3. The quantitative estimate of drug-likeness (QED) is 0.314. The highest BCUT2D eigenvalue weighted by molar-refractivity contribution is 7.20. The van der Waals surface area contributed by atoms with Crippen LogP contribution in [0.25, 0.3) is 10.1 Å². The number of hydrogen-bond donors (Lipinski definition) is 2. The van der Waals surface area contributed by atoms with Gasteiger partial charge in [0.1, 0.15) is 0 Å². The van der Waals surface area contributed by atoms with Crippen molar-refractivity contribution < 1.29 is 9.53 Å². The van der Waals surface area contributed by atoms with Gasteiger partial charge in [-0.2, -0.15) is 5.10 Å². The number of nitrogens with two attached hydrogens (primary N) is 1. The Morgan fingerprint density at radius 2 is 2.00 bits per heavy atom. The molecule has 26 heavy (non-hydrogen) atoms. The van der Waals surface area contributed by atoms with E-state index in [0.29, 0.717) is 12.1 Å². The number of carbonyl (C=O) groups excluding carboxylic acids is 1. The molecule has 0 radical (unpaired) electrons. The third-order valence-corrected chi connectivity index (χ3v) is 4.69. The molecule has 0 amide bonds. The lowest BCUT2D eigenvalue weighted by atomic mass is 10.1. The molecule has 0 bridgehead atoms. The second kappa shape index (κ2) is 8.26. The summed E-state index contributed by atoms with van der Waals surface area (Å²) in [5.74, 6) is -0.138. The van der Waals surface area contributed by atoms with Crippen LogP contribution in [-0.4, -0.2) is 25.3 Å². The van der Waals surface area contributed by atoms with Gasteiger partial charge in [-0.15, -0.1) is 16.4 Å². The first-order chi connectivity index (χ1) is 12.7. The number of rotatable bonds is 5. The fourth-order valence-electron chi connectivity index (χ4n) is 2.32. The summed E-state index contributed by atoms with van der Waals surface area (Å²) in [5, 5.41) is 12.1. The molecule has 0 atom stereocenters. The van der Waals surface area contributed by atoms with E-state index < -0.39 is 0 Å². The SMILES string of the molecule is COC(=O)c1ccc(CN/C(N)=N/N=C/c2cc3ccccc3s2)cc1. The van der Waals surface area contributed by atoms with Crippen LogP contribution >= 0.6 is 11.3 Å². The van der Waals surface area contributed by atoms with Gasteiger partial charge in [-0.1, -0.05) is 30.3 Å². The Morgan fingerprint density at radius 3 is 2.73 bits per heavy atom. The molecule has 7 heteroatoms. The van der Waals surface area contributed by atoms with Crippen LogP contribution in [-0.2, 0) is 11.3 Å². The van der Waals surface area contributed by atoms with Gasteiger partial charge >= 0.3 is 5.97 Å². The van der Waals surface area contributed by atoms with Crippen molar-refractivity contribution in [2.24, 2.45) is 15.9 Å². The van der Waals surface area contributed by atoms with E-state index in [1.165, 1.54) is 17.2 Å². The van der Waals surface area contributed by atoms with Gasteiger partial charge in [0.15, 0.2) is 0 Å². The van der Waals surface area contributed by atoms with E-state index in [9.17, 15) is 4.79 Å². The number of carbonyl (C=O) groups is 1. The number of thiophene rings is 1. The van der Waals surface area contributed by atoms with Crippen LogP contribution in [0.1, 0.15) is 20.8 Å². The van der Waals surface area contributed by atoms with Crippen molar-refractivity contribution >= 4 is 39.6 Å². The number of guanidine groups is 1. The second-order valence-corrected chi connectivity index (χ2v) is 6.57. The van der Waals surface area contributed by atoms with Crippen LogP contribution in [0.2, 0.25) is 0 Å². The zero-order chi connectivity index (χ0) is 18.4. The van der Waals surface area contributed by atoms with Crippen LogP contribution in [0.4, 0.5) is 0 Å². The lowest BCUT2D eigenvalue weighted by molar-refractivity contribution is 0.0600. The van der Waals surface area contributed by atoms with Gasteiger partial charge in [0.2, 0.25) is 5.96 Å². The second-order valence-electron chi connectivity index (χ2n) is 5.46. The summed E-state index contributed by atoms with van der Waals surface area (Å²) in [6.07, 6.45) is 1.68. The third kappa shape index (κ3) is 4.46. The van der Waals surface area contributed by atoms with Gasteiger partial charge in [0.05, 0.1) is 18.9 Å². The number of nitrogens with one attached hydrogen (secondary N) is 1. The van der Waals surface area contributed by atoms with Crippen LogP contribution in [0.3, 0.4) is 0 Å². The average molecular weight is 366 g/mol. The van der Waals surface area contributed by atoms with Gasteiger partial charge < -0.3 is 15.8 Å². The number of esters is 1. The Morgan fingerprint density at radius 1 is 1.23 bits per heavy atom. The van der Waals surface area contributed by atoms with Gasteiger partial charge in [-0.25, -0.2) is 4.79 Å². The number of ether oxygens (including phenoxy) is 1. The standard InChI is InChI=1S/C19H18N4O2S/c1-25-18(24)14-8-6-13(7-9-14)11-21-19(20)23-22-12-16-10-15-4-2-3-5-17(15)26-16/h2-10,12H,11H2,1H3,(H3,20,21,23)/b22-12+. The number of fused-ring (bicyclic) bond motifs is 1. The summed E-state index contributed by atoms with van der Waals surface area (Å²) in [6.45, 7) is 0.481. The molecular formula is C19H18N4O2S. The molecule has 6 nitrogen and oxygen atoms in total. The monoisotopic (exact) mass is 366 g/mol. The number of benzene rings is 2. The van der Waals surface area contributed by atoms with E-state index >= 15 is 0 Å². The minimum atomic E-state index is -0.360. The van der Waals surface area contributed by atoms with Crippen molar-refractivity contribution in [1.82, 2.24) is 5.32 Å². The lowest BCUT2D eigenvalue weighted by Gasteiger charge is -2.05. The zero-order valence-corrected chi connectivity index (χ0v) is 15.0. The predicted octanol–water partition coefficient (Wildman–Crippen LogP) is 3.13. The number of nitrogens with zero attached hydrogens (tertiary/aromatic N) is 2. The molecule has 0 unspecified atom stereocenters. The van der Waals surface area contributed by atoms with Crippen molar-refractivity contribution in [3.8, 4) is 0 Å². The van der Waals surface area contributed by atoms with Crippen LogP contribution in [0.5, 0.6) is 0 Å². The highest BCUT2D eigenvalue weighted by Gasteiger charge is 2.04. The maximum Gasteiger partial charge on any atom is 0.337 e. The van der Waals surface area contributed by atoms with Crippen molar-refractivity contribution in [2.45, 2.75) is 6.54 Å². The van der Waals surface area contributed by atoms with E-state index in [0.717, 1.165) is 10.4 Å². The van der Waals surface area contributed by atoms with Crippen molar-refractivity contribution in [3.63, 3.8) is 0 Å². The summed E-state index contributed by atoms with van der Waals surface area (Å²) in [7, 11) is 1.36. The fourth-order valence-corrected chi connectivity index (χ4v) is 3.25. The Hall–Kier alpha value is -3.19. The van der Waals surface area contributed by atoms with E-state index in [-0.39, 0.29) is 11.9 Å². The zero-order valence-electron chi connectivity index (χ0n) is 14.2. The average Bonchev–Trinajstić information content (AvgIpc) is 3.09. The molecule has 0 spiro atoms. The molecule has 2 aromatic carbocycles. The molecular weight excluding hydrogens is 348 g/mol. The molecule has 0 aliphatic carbocycles. The number of hydrogen-bond acceptors (Lipinski definition) is 5. The normalized spacial score (nSPS) is 11.8. The van der Waals surface area contributed by atoms with E-state index in [2.05, 4.69) is 38.5 Å². The summed E-state index contributed by atoms with van der Waals surface area (Å²) >= 11 is 1.65. The molecule has 1 heterocycles. The fraction of sp³-hybridized carbons (Fsp3) is 0.105. The maximum atomic E-state index is 11.4. The first kappa shape index (κ1) is 17.6. The number of methoxy groups -OCH3 is 1. The molecule has 132 valence electrons. The minimum absolute atomic E-state index is 0.222. The first-order valence-corrected chi connectivity index (χ1v) is 8.73. The van der Waals surface area contributed by atoms with Crippen molar-refractivity contribution in [2.75, 3.05) is 7.11 Å². The summed E-state index contributed by atoms with van der Waals surface area (Å²) in [4.78, 5) is 12.4. The Bertz CT molecular complexity index is 928. The van der Waals surface area contributed by atoms with Crippen LogP contribution in [0.15, 0.2) is 64.8 Å². The Kier molecular flexibility index (Phi) is 5.60. The van der Waals surface area contributed by atoms with Crippen LogP contribution < -0.4 is 11.1 Å². The van der Waals surface area contributed by atoms with Crippen molar-refractivity contribution in [3.05, 3.63) is 70.6 Å². The Balaban J connectivity index is 1.55. The third-order valence-electron chi connectivity index (χ3n) is 3.64. The van der Waals surface area contributed by atoms with Crippen LogP contribution in [0, 0.1) is 0 Å². The molecule has 0 aliphatic heterocycles. The molecule has 3 N–H and O–H groups in total. The van der Waals surface area contributed by atoms with E-state index in [4.69, 9.17) is 5.73 Å². The predicted molar refractivity (Wildman–Crippen MR) is 106 cm³/mol. The lowest BCUT2D eigenvalue weighted by Crippen LogP contribution is -2.30. The van der Waals surface area contributed by atoms with Gasteiger partial charge in [0, 0.05) is 16.1 Å². The topological polar surface area (TPSA) is 89.1 Å². The summed E-state index contributed by atoms with van der Waals surface area (Å²) < 4.78 is 5.87. The first-order valence-electron chi connectivity index (χ1n) is 7.92. The molecule has 0 aliphatic rings. The highest BCUT2D eigenvalue weighted by Crippen LogP contribution is 2.23. The highest BCUT2D eigenvalue weighted by atomic mass is 32.1. The van der Waals surface area contributed by atoms with E-state index in [1.807, 2.05) is 24.3 Å². The Labute approximate surface area is 155 Å². The maximum absolute atomic E-state index is 11.4. The molecule has 0 saturated carbocycles. The van der Waals surface area contributed by atoms with Gasteiger partial charge in [0.25, 0.3) is 0 Å². The molecule has 3 rings (SSSR count). The molecule has 1 aromatic heterocycles. The summed E-state index contributed by atoms with van der Waals surface area (Å²) in [5.41, 5.74) is 7.28. The van der Waals surface area contributed by atoms with Crippen molar-refractivity contribution in [1.29, 1.82) is 0 Å².